The first kappa shape index (κ1) is 13.2. The zero-order chi connectivity index (χ0) is 14.3. The molecule has 0 atom stereocenters. The largest absolute Gasteiger partial charge is 0.225 e. The summed E-state index contributed by atoms with van der Waals surface area (Å²) in [4.78, 5) is 8.16. The molecule has 1 aromatic heterocycles. The molecule has 100 valence electrons. The third kappa shape index (κ3) is 2.32. The highest BCUT2D eigenvalue weighted by atomic mass is 35.5. The van der Waals surface area contributed by atoms with Crippen LogP contribution in [0.1, 0.15) is 0 Å². The number of fused-ring (bicyclic) bond motifs is 1. The van der Waals surface area contributed by atoms with Crippen LogP contribution in [0.3, 0.4) is 0 Å². The minimum absolute atomic E-state index is 0.00153. The van der Waals surface area contributed by atoms with E-state index in [0.717, 1.165) is 12.1 Å². The van der Waals surface area contributed by atoms with Crippen LogP contribution < -0.4 is 0 Å². The molecule has 0 aliphatic rings. The quantitative estimate of drug-likeness (QED) is 0.598. The van der Waals surface area contributed by atoms with E-state index in [1.165, 1.54) is 0 Å². The highest BCUT2D eigenvalue weighted by molar-refractivity contribution is 6.34. The number of nitrogens with zero attached hydrogens (tertiary/aromatic N) is 2. The van der Waals surface area contributed by atoms with Gasteiger partial charge < -0.3 is 0 Å². The Morgan fingerprint density at radius 3 is 2.30 bits per heavy atom. The number of benzene rings is 2. The molecule has 20 heavy (non-hydrogen) atoms. The lowest BCUT2D eigenvalue weighted by atomic mass is 10.2. The van der Waals surface area contributed by atoms with Crippen molar-refractivity contribution in [2.45, 2.75) is 0 Å². The van der Waals surface area contributed by atoms with Gasteiger partial charge in [-0.15, -0.1) is 0 Å². The summed E-state index contributed by atoms with van der Waals surface area (Å²) in [5, 5.41) is 0.703. The molecule has 0 saturated heterocycles. The van der Waals surface area contributed by atoms with Crippen molar-refractivity contribution >= 4 is 34.1 Å². The smallest absolute Gasteiger partial charge is 0.161 e. The monoisotopic (exact) mass is 310 g/mol. The van der Waals surface area contributed by atoms with Crippen LogP contribution >= 0.6 is 23.2 Å². The molecular weight excluding hydrogens is 305 g/mol. The Kier molecular flexibility index (Phi) is 3.28. The maximum absolute atomic E-state index is 13.8. The van der Waals surface area contributed by atoms with Crippen molar-refractivity contribution in [3.05, 3.63) is 58.2 Å². The van der Waals surface area contributed by atoms with E-state index in [0.29, 0.717) is 10.6 Å². The zero-order valence-electron chi connectivity index (χ0n) is 9.87. The Balaban J connectivity index is 2.26. The fourth-order valence-corrected chi connectivity index (χ4v) is 2.20. The lowest BCUT2D eigenvalue weighted by molar-refractivity contribution is 0.590. The molecule has 0 radical (unpaired) electrons. The van der Waals surface area contributed by atoms with Gasteiger partial charge in [0.05, 0.1) is 0 Å². The first-order valence-electron chi connectivity index (χ1n) is 5.63. The van der Waals surface area contributed by atoms with Gasteiger partial charge in [0, 0.05) is 22.0 Å². The van der Waals surface area contributed by atoms with Crippen molar-refractivity contribution in [3.8, 4) is 11.4 Å². The Morgan fingerprint density at radius 2 is 1.60 bits per heavy atom. The molecular formula is C14H6Cl2F2N2. The van der Waals surface area contributed by atoms with E-state index in [9.17, 15) is 8.78 Å². The second kappa shape index (κ2) is 4.96. The van der Waals surface area contributed by atoms with Crippen molar-refractivity contribution in [2.75, 3.05) is 0 Å². The fraction of sp³-hybridized carbons (Fsp3) is 0. The summed E-state index contributed by atoms with van der Waals surface area (Å²) in [5.41, 5.74) is 0.623. The summed E-state index contributed by atoms with van der Waals surface area (Å²) < 4.78 is 27.0. The molecule has 0 saturated carbocycles. The van der Waals surface area contributed by atoms with Crippen LogP contribution in [0.25, 0.3) is 22.3 Å². The van der Waals surface area contributed by atoms with Crippen molar-refractivity contribution in [3.63, 3.8) is 0 Å². The zero-order valence-corrected chi connectivity index (χ0v) is 11.4. The topological polar surface area (TPSA) is 25.8 Å². The highest BCUT2D eigenvalue weighted by Gasteiger charge is 2.13. The van der Waals surface area contributed by atoms with Crippen molar-refractivity contribution in [1.82, 2.24) is 9.97 Å². The van der Waals surface area contributed by atoms with Crippen molar-refractivity contribution < 1.29 is 8.78 Å². The maximum Gasteiger partial charge on any atom is 0.161 e. The average molecular weight is 311 g/mol. The molecule has 0 N–H and O–H groups in total. The number of hydrogen-bond acceptors (Lipinski definition) is 2. The van der Waals surface area contributed by atoms with Gasteiger partial charge in [0.15, 0.2) is 11.6 Å². The number of rotatable bonds is 1. The number of hydrogen-bond donors (Lipinski definition) is 0. The molecule has 2 aromatic carbocycles. The lowest BCUT2D eigenvalue weighted by Crippen LogP contribution is -1.95. The fourth-order valence-electron chi connectivity index (χ4n) is 1.85. The summed E-state index contributed by atoms with van der Waals surface area (Å²) >= 11 is 11.8. The minimum Gasteiger partial charge on any atom is -0.225 e. The van der Waals surface area contributed by atoms with Gasteiger partial charge in [0.2, 0.25) is 0 Å². The Bertz CT molecular complexity index is 804. The van der Waals surface area contributed by atoms with Gasteiger partial charge in [-0.1, -0.05) is 23.2 Å². The summed E-state index contributed by atoms with van der Waals surface area (Å²) in [7, 11) is 0. The Morgan fingerprint density at radius 1 is 0.900 bits per heavy atom. The van der Waals surface area contributed by atoms with Crippen LogP contribution in [-0.4, -0.2) is 9.97 Å². The molecule has 0 unspecified atom stereocenters. The highest BCUT2D eigenvalue weighted by Crippen LogP contribution is 2.27. The minimum atomic E-state index is -0.778. The summed E-state index contributed by atoms with van der Waals surface area (Å²) in [6, 6.07) is 8.59. The first-order chi connectivity index (χ1) is 9.54. The van der Waals surface area contributed by atoms with E-state index in [-0.39, 0.29) is 21.9 Å². The van der Waals surface area contributed by atoms with Gasteiger partial charge in [-0.25, -0.2) is 18.7 Å². The molecule has 0 fully saturated rings. The SMILES string of the molecule is Fc1cc(F)c2nc(-c3ccc(Cl)cc3)nc(Cl)c2c1. The molecule has 2 nitrogen and oxygen atoms in total. The lowest BCUT2D eigenvalue weighted by Gasteiger charge is -2.06. The van der Waals surface area contributed by atoms with Gasteiger partial charge in [0.1, 0.15) is 16.5 Å². The number of aromatic nitrogens is 2. The molecule has 0 amide bonds. The third-order valence-corrected chi connectivity index (χ3v) is 3.31. The van der Waals surface area contributed by atoms with Crippen molar-refractivity contribution in [2.24, 2.45) is 0 Å². The van der Waals surface area contributed by atoms with E-state index in [1.807, 2.05) is 0 Å². The maximum atomic E-state index is 13.8. The number of halogens is 4. The van der Waals surface area contributed by atoms with E-state index >= 15 is 0 Å². The van der Waals surface area contributed by atoms with Crippen LogP contribution in [-0.2, 0) is 0 Å². The van der Waals surface area contributed by atoms with E-state index < -0.39 is 11.6 Å². The summed E-state index contributed by atoms with van der Waals surface area (Å²) in [5.74, 6) is -1.25. The van der Waals surface area contributed by atoms with Crippen molar-refractivity contribution in [1.29, 1.82) is 0 Å². The van der Waals surface area contributed by atoms with E-state index in [4.69, 9.17) is 23.2 Å². The van der Waals surface area contributed by atoms with Crippen LogP contribution in [0, 0.1) is 11.6 Å². The van der Waals surface area contributed by atoms with Crippen LogP contribution in [0.4, 0.5) is 8.78 Å². The Labute approximate surface area is 123 Å². The molecule has 0 aliphatic carbocycles. The normalized spacial score (nSPS) is 11.0. The van der Waals surface area contributed by atoms with Gasteiger partial charge in [-0.2, -0.15) is 0 Å². The third-order valence-electron chi connectivity index (χ3n) is 2.77. The summed E-state index contributed by atoms with van der Waals surface area (Å²) in [6.07, 6.45) is 0. The van der Waals surface area contributed by atoms with Crippen LogP contribution in [0.5, 0.6) is 0 Å². The molecule has 3 aromatic rings. The molecule has 3 rings (SSSR count). The van der Waals surface area contributed by atoms with Gasteiger partial charge in [-0.05, 0) is 30.3 Å². The van der Waals surface area contributed by atoms with Gasteiger partial charge in [-0.3, -0.25) is 0 Å². The standard InChI is InChI=1S/C14H6Cl2F2N2/c15-8-3-1-7(2-4-8)14-19-12-10(13(16)20-14)5-9(17)6-11(12)18/h1-6H. The average Bonchev–Trinajstić information content (AvgIpc) is 2.40. The molecule has 1 heterocycles. The van der Waals surface area contributed by atoms with E-state index in [1.54, 1.807) is 24.3 Å². The second-order valence-electron chi connectivity index (χ2n) is 4.13. The van der Waals surface area contributed by atoms with Crippen LogP contribution in [0.15, 0.2) is 36.4 Å². The predicted molar refractivity (Wildman–Crippen MR) is 74.9 cm³/mol. The first-order valence-corrected chi connectivity index (χ1v) is 6.38. The molecule has 0 spiro atoms. The molecule has 0 aliphatic heterocycles. The summed E-state index contributed by atoms with van der Waals surface area (Å²) in [6.45, 7) is 0. The Hall–Kier alpha value is -1.78. The van der Waals surface area contributed by atoms with Gasteiger partial charge in [0.25, 0.3) is 0 Å². The molecule has 0 bridgehead atoms. The predicted octanol–water partition coefficient (Wildman–Crippen LogP) is 4.88. The molecule has 6 heteroatoms. The second-order valence-corrected chi connectivity index (χ2v) is 4.92. The van der Waals surface area contributed by atoms with E-state index in [2.05, 4.69) is 9.97 Å². The van der Waals surface area contributed by atoms with Gasteiger partial charge >= 0.3 is 0 Å². The van der Waals surface area contributed by atoms with Crippen LogP contribution in [0.2, 0.25) is 10.2 Å².